The predicted octanol–water partition coefficient (Wildman–Crippen LogP) is 2.48. The molecule has 78 valence electrons. The van der Waals surface area contributed by atoms with E-state index in [1.54, 1.807) is 0 Å². The Balaban J connectivity index is 2.99. The average molecular weight is 192 g/mol. The number of pyridine rings is 1. The molecule has 0 amide bonds. The van der Waals surface area contributed by atoms with Crippen LogP contribution in [0.2, 0.25) is 0 Å². The highest BCUT2D eigenvalue weighted by atomic mass is 14.7. The second-order valence-corrected chi connectivity index (χ2v) is 4.39. The number of hydrogen-bond donors (Lipinski definition) is 1. The molecule has 0 bridgehead atoms. The molecule has 0 spiro atoms. The first-order chi connectivity index (χ1) is 6.52. The van der Waals surface area contributed by atoms with E-state index in [0.29, 0.717) is 11.8 Å². The van der Waals surface area contributed by atoms with E-state index in [-0.39, 0.29) is 6.04 Å². The van der Waals surface area contributed by atoms with E-state index >= 15 is 0 Å². The minimum absolute atomic E-state index is 0.157. The van der Waals surface area contributed by atoms with E-state index < -0.39 is 0 Å². The fourth-order valence-corrected chi connectivity index (χ4v) is 1.96. The standard InChI is InChI=1S/C12H20N2/c1-8(2)12(10(4)13)11-7-9(3)5-6-14-11/h5-8,10,12H,13H2,1-4H3. The number of nitrogens with zero attached hydrogens (tertiary/aromatic N) is 1. The van der Waals surface area contributed by atoms with Gasteiger partial charge in [0.15, 0.2) is 0 Å². The SMILES string of the molecule is Cc1ccnc(C(C(C)C)C(C)N)c1. The van der Waals surface area contributed by atoms with Crippen molar-refractivity contribution in [3.05, 3.63) is 29.6 Å². The molecule has 1 rings (SSSR count). The zero-order valence-corrected chi connectivity index (χ0v) is 9.49. The first-order valence-corrected chi connectivity index (χ1v) is 5.20. The highest BCUT2D eigenvalue weighted by Crippen LogP contribution is 2.25. The minimum Gasteiger partial charge on any atom is -0.327 e. The fraction of sp³-hybridized carbons (Fsp3) is 0.583. The van der Waals surface area contributed by atoms with Crippen LogP contribution in [0.25, 0.3) is 0 Å². The van der Waals surface area contributed by atoms with Gasteiger partial charge in [0.05, 0.1) is 0 Å². The van der Waals surface area contributed by atoms with Crippen molar-refractivity contribution in [3.63, 3.8) is 0 Å². The molecule has 1 aromatic heterocycles. The van der Waals surface area contributed by atoms with Crippen molar-refractivity contribution in [2.75, 3.05) is 0 Å². The van der Waals surface area contributed by atoms with E-state index in [2.05, 4.69) is 38.7 Å². The molecule has 2 N–H and O–H groups in total. The summed E-state index contributed by atoms with van der Waals surface area (Å²) < 4.78 is 0. The highest BCUT2D eigenvalue weighted by Gasteiger charge is 2.21. The summed E-state index contributed by atoms with van der Waals surface area (Å²) in [6.07, 6.45) is 1.86. The molecule has 0 aromatic carbocycles. The van der Waals surface area contributed by atoms with Gasteiger partial charge in [0, 0.05) is 23.9 Å². The van der Waals surface area contributed by atoms with E-state index in [1.807, 2.05) is 12.3 Å². The van der Waals surface area contributed by atoms with Crippen molar-refractivity contribution in [2.24, 2.45) is 11.7 Å². The molecule has 1 heterocycles. The van der Waals surface area contributed by atoms with Gasteiger partial charge >= 0.3 is 0 Å². The van der Waals surface area contributed by atoms with Gasteiger partial charge in [-0.05, 0) is 37.5 Å². The van der Waals surface area contributed by atoms with Crippen molar-refractivity contribution in [1.82, 2.24) is 4.98 Å². The molecule has 0 aliphatic heterocycles. The fourth-order valence-electron chi connectivity index (χ4n) is 1.96. The molecule has 2 nitrogen and oxygen atoms in total. The molecule has 0 saturated heterocycles. The first-order valence-electron chi connectivity index (χ1n) is 5.20. The Hall–Kier alpha value is -0.890. The number of nitrogens with two attached hydrogens (primary N) is 1. The summed E-state index contributed by atoms with van der Waals surface area (Å²) in [6, 6.07) is 4.31. The summed E-state index contributed by atoms with van der Waals surface area (Å²) in [5, 5.41) is 0. The van der Waals surface area contributed by atoms with Gasteiger partial charge in [-0.1, -0.05) is 13.8 Å². The van der Waals surface area contributed by atoms with E-state index in [1.165, 1.54) is 5.56 Å². The van der Waals surface area contributed by atoms with Crippen LogP contribution in [0.15, 0.2) is 18.3 Å². The molecule has 2 heteroatoms. The van der Waals surface area contributed by atoms with Crippen molar-refractivity contribution < 1.29 is 0 Å². The lowest BCUT2D eigenvalue weighted by molar-refractivity contribution is 0.427. The Morgan fingerprint density at radius 1 is 1.29 bits per heavy atom. The van der Waals surface area contributed by atoms with Crippen LogP contribution in [0.4, 0.5) is 0 Å². The van der Waals surface area contributed by atoms with E-state index in [0.717, 1.165) is 5.69 Å². The monoisotopic (exact) mass is 192 g/mol. The summed E-state index contributed by atoms with van der Waals surface area (Å²) in [5.74, 6) is 0.888. The lowest BCUT2D eigenvalue weighted by atomic mass is 9.86. The molecule has 0 fully saturated rings. The third-order valence-electron chi connectivity index (χ3n) is 2.56. The van der Waals surface area contributed by atoms with Crippen LogP contribution in [0.5, 0.6) is 0 Å². The lowest BCUT2D eigenvalue weighted by Crippen LogP contribution is -2.29. The summed E-state index contributed by atoms with van der Waals surface area (Å²) in [7, 11) is 0. The Morgan fingerprint density at radius 2 is 1.93 bits per heavy atom. The Labute approximate surface area is 86.5 Å². The van der Waals surface area contributed by atoms with Crippen LogP contribution in [-0.2, 0) is 0 Å². The van der Waals surface area contributed by atoms with E-state index in [9.17, 15) is 0 Å². The summed E-state index contributed by atoms with van der Waals surface area (Å²) in [5.41, 5.74) is 8.35. The minimum atomic E-state index is 0.157. The summed E-state index contributed by atoms with van der Waals surface area (Å²) in [4.78, 5) is 4.40. The van der Waals surface area contributed by atoms with Gasteiger partial charge in [0.1, 0.15) is 0 Å². The number of aromatic nitrogens is 1. The summed E-state index contributed by atoms with van der Waals surface area (Å²) >= 11 is 0. The molecule has 2 unspecified atom stereocenters. The van der Waals surface area contributed by atoms with Crippen molar-refractivity contribution in [3.8, 4) is 0 Å². The Kier molecular flexibility index (Phi) is 3.64. The molecule has 0 aliphatic rings. The molecule has 0 aliphatic carbocycles. The number of aryl methyl sites for hydroxylation is 1. The Morgan fingerprint density at radius 3 is 2.36 bits per heavy atom. The zero-order chi connectivity index (χ0) is 10.7. The van der Waals surface area contributed by atoms with Crippen molar-refractivity contribution in [2.45, 2.75) is 39.7 Å². The Bertz CT molecular complexity index is 284. The van der Waals surface area contributed by atoms with Crippen molar-refractivity contribution in [1.29, 1.82) is 0 Å². The maximum Gasteiger partial charge on any atom is 0.0455 e. The smallest absolute Gasteiger partial charge is 0.0455 e. The molecule has 14 heavy (non-hydrogen) atoms. The quantitative estimate of drug-likeness (QED) is 0.799. The summed E-state index contributed by atoms with van der Waals surface area (Å²) in [6.45, 7) is 8.52. The van der Waals surface area contributed by atoms with Gasteiger partial charge in [-0.3, -0.25) is 4.98 Å². The molecule has 2 atom stereocenters. The topological polar surface area (TPSA) is 38.9 Å². The van der Waals surface area contributed by atoms with Gasteiger partial charge in [0.25, 0.3) is 0 Å². The van der Waals surface area contributed by atoms with Gasteiger partial charge < -0.3 is 5.73 Å². The second kappa shape index (κ2) is 4.56. The number of hydrogen-bond acceptors (Lipinski definition) is 2. The lowest BCUT2D eigenvalue weighted by Gasteiger charge is -2.24. The van der Waals surface area contributed by atoms with Crippen LogP contribution in [-0.4, -0.2) is 11.0 Å². The van der Waals surface area contributed by atoms with E-state index in [4.69, 9.17) is 5.73 Å². The van der Waals surface area contributed by atoms with Gasteiger partial charge in [0.2, 0.25) is 0 Å². The van der Waals surface area contributed by atoms with Gasteiger partial charge in [-0.15, -0.1) is 0 Å². The average Bonchev–Trinajstić information content (AvgIpc) is 2.02. The van der Waals surface area contributed by atoms with Crippen LogP contribution in [0, 0.1) is 12.8 Å². The van der Waals surface area contributed by atoms with Crippen LogP contribution >= 0.6 is 0 Å². The van der Waals surface area contributed by atoms with Crippen LogP contribution in [0.1, 0.15) is 37.9 Å². The molecular weight excluding hydrogens is 172 g/mol. The third kappa shape index (κ3) is 2.55. The van der Waals surface area contributed by atoms with Gasteiger partial charge in [-0.25, -0.2) is 0 Å². The maximum absolute atomic E-state index is 5.98. The molecule has 1 aromatic rings. The van der Waals surface area contributed by atoms with Crippen LogP contribution < -0.4 is 5.73 Å². The van der Waals surface area contributed by atoms with Crippen LogP contribution in [0.3, 0.4) is 0 Å². The van der Waals surface area contributed by atoms with Gasteiger partial charge in [-0.2, -0.15) is 0 Å². The maximum atomic E-state index is 5.98. The van der Waals surface area contributed by atoms with Crippen molar-refractivity contribution >= 4 is 0 Å². The molecule has 0 saturated carbocycles. The first kappa shape index (κ1) is 11.2. The third-order valence-corrected chi connectivity index (χ3v) is 2.56. The normalized spacial score (nSPS) is 15.6. The predicted molar refractivity (Wildman–Crippen MR) is 60.2 cm³/mol. The largest absolute Gasteiger partial charge is 0.327 e. The molecule has 0 radical (unpaired) electrons. The second-order valence-electron chi connectivity index (χ2n) is 4.39. The molecular formula is C12H20N2. The number of rotatable bonds is 3. The zero-order valence-electron chi connectivity index (χ0n) is 9.49. The highest BCUT2D eigenvalue weighted by molar-refractivity contribution is 5.19.